The largest absolute Gasteiger partial charge is 0.497 e. The Kier molecular flexibility index (Phi) is 7.27. The highest BCUT2D eigenvalue weighted by Crippen LogP contribution is 2.19. The molecule has 3 aromatic rings. The number of anilines is 1. The van der Waals surface area contributed by atoms with E-state index in [1.165, 1.54) is 0 Å². The first kappa shape index (κ1) is 21.9. The molecule has 0 bridgehead atoms. The maximum Gasteiger partial charge on any atom is 0.265 e. The normalized spacial score (nSPS) is 12.4. The number of carbonyl (C=O) groups excluding carboxylic acids is 2. The van der Waals surface area contributed by atoms with Crippen molar-refractivity contribution in [2.75, 3.05) is 12.4 Å². The first-order chi connectivity index (χ1) is 15.0. The van der Waals surface area contributed by atoms with Crippen LogP contribution in [0.3, 0.4) is 0 Å². The minimum atomic E-state index is -0.692. The minimum Gasteiger partial charge on any atom is -0.497 e. The number of carbonyl (C=O) groups is 2. The van der Waals surface area contributed by atoms with Gasteiger partial charge < -0.3 is 20.1 Å². The van der Waals surface area contributed by atoms with Gasteiger partial charge in [-0.2, -0.15) is 0 Å². The summed E-state index contributed by atoms with van der Waals surface area (Å²) in [6, 6.07) is 23.4. The van der Waals surface area contributed by atoms with Gasteiger partial charge in [0.2, 0.25) is 0 Å². The number of methoxy groups -OCH3 is 1. The summed E-state index contributed by atoms with van der Waals surface area (Å²) in [4.78, 5) is 24.9. The molecule has 0 radical (unpaired) electrons. The Bertz CT molecular complexity index is 1000. The van der Waals surface area contributed by atoms with E-state index in [1.54, 1.807) is 62.6 Å². The standard InChI is InChI=1S/C25H26N2O4/c1-17(19-7-5-4-6-8-19)26-25(29)20-9-11-21(12-10-20)27-24(28)18(2)31-23-15-13-22(30-3)14-16-23/h4-18H,1-3H3,(H,26,29)(H,27,28). The highest BCUT2D eigenvalue weighted by molar-refractivity contribution is 5.97. The summed E-state index contributed by atoms with van der Waals surface area (Å²) in [7, 11) is 1.59. The summed E-state index contributed by atoms with van der Waals surface area (Å²) in [6.07, 6.45) is -0.692. The van der Waals surface area contributed by atoms with Gasteiger partial charge in [0, 0.05) is 11.3 Å². The van der Waals surface area contributed by atoms with Crippen LogP contribution in [0.4, 0.5) is 5.69 Å². The number of rotatable bonds is 8. The molecule has 2 unspecified atom stereocenters. The Morgan fingerprint density at radius 1 is 0.806 bits per heavy atom. The number of nitrogens with one attached hydrogen (secondary N) is 2. The predicted octanol–water partition coefficient (Wildman–Crippen LogP) is 4.59. The van der Waals surface area contributed by atoms with Crippen LogP contribution < -0.4 is 20.1 Å². The van der Waals surface area contributed by atoms with Crippen LogP contribution in [0.2, 0.25) is 0 Å². The van der Waals surface area contributed by atoms with E-state index >= 15 is 0 Å². The van der Waals surface area contributed by atoms with E-state index < -0.39 is 6.10 Å². The van der Waals surface area contributed by atoms with Gasteiger partial charge in [0.1, 0.15) is 11.5 Å². The van der Waals surface area contributed by atoms with Gasteiger partial charge in [-0.15, -0.1) is 0 Å². The molecule has 2 atom stereocenters. The molecule has 0 fully saturated rings. The number of ether oxygens (including phenoxy) is 2. The number of amides is 2. The Balaban J connectivity index is 1.54. The van der Waals surface area contributed by atoms with Crippen LogP contribution in [0.15, 0.2) is 78.9 Å². The van der Waals surface area contributed by atoms with E-state index in [2.05, 4.69) is 10.6 Å². The Morgan fingerprint density at radius 2 is 1.42 bits per heavy atom. The van der Waals surface area contributed by atoms with E-state index in [-0.39, 0.29) is 17.9 Å². The summed E-state index contributed by atoms with van der Waals surface area (Å²) in [6.45, 7) is 3.61. The third kappa shape index (κ3) is 6.09. The molecule has 31 heavy (non-hydrogen) atoms. The van der Waals surface area contributed by atoms with E-state index in [9.17, 15) is 9.59 Å². The first-order valence-corrected chi connectivity index (χ1v) is 10.0. The molecule has 3 rings (SSSR count). The summed E-state index contributed by atoms with van der Waals surface area (Å²) in [5.41, 5.74) is 2.14. The molecule has 0 saturated heterocycles. The van der Waals surface area contributed by atoms with Crippen molar-refractivity contribution in [3.63, 3.8) is 0 Å². The topological polar surface area (TPSA) is 76.7 Å². The maximum atomic E-state index is 12.5. The van der Waals surface area contributed by atoms with Crippen molar-refractivity contribution in [2.24, 2.45) is 0 Å². The van der Waals surface area contributed by atoms with Gasteiger partial charge >= 0.3 is 0 Å². The molecular formula is C25H26N2O4. The van der Waals surface area contributed by atoms with Crippen molar-refractivity contribution in [1.82, 2.24) is 5.32 Å². The van der Waals surface area contributed by atoms with Gasteiger partial charge in [-0.3, -0.25) is 9.59 Å². The molecule has 0 spiro atoms. The molecule has 2 amide bonds. The maximum absolute atomic E-state index is 12.5. The van der Waals surface area contributed by atoms with Crippen molar-refractivity contribution < 1.29 is 19.1 Å². The molecule has 0 aliphatic rings. The Morgan fingerprint density at radius 3 is 2.03 bits per heavy atom. The van der Waals surface area contributed by atoms with Gasteiger partial charge in [-0.05, 0) is 67.9 Å². The zero-order valence-electron chi connectivity index (χ0n) is 17.8. The summed E-state index contributed by atoms with van der Waals surface area (Å²) in [5.74, 6) is 0.825. The second-order valence-electron chi connectivity index (χ2n) is 7.11. The molecule has 6 nitrogen and oxygen atoms in total. The fraction of sp³-hybridized carbons (Fsp3) is 0.200. The summed E-state index contributed by atoms with van der Waals surface area (Å²) < 4.78 is 10.8. The van der Waals surface area contributed by atoms with Crippen LogP contribution in [-0.4, -0.2) is 25.0 Å². The number of benzene rings is 3. The molecular weight excluding hydrogens is 392 g/mol. The van der Waals surface area contributed by atoms with Gasteiger partial charge in [-0.1, -0.05) is 30.3 Å². The van der Waals surface area contributed by atoms with E-state index in [0.29, 0.717) is 22.7 Å². The van der Waals surface area contributed by atoms with E-state index in [1.807, 2.05) is 37.3 Å². The van der Waals surface area contributed by atoms with Gasteiger partial charge in [-0.25, -0.2) is 0 Å². The Labute approximate surface area is 182 Å². The van der Waals surface area contributed by atoms with Crippen molar-refractivity contribution >= 4 is 17.5 Å². The van der Waals surface area contributed by atoms with Crippen LogP contribution in [-0.2, 0) is 4.79 Å². The smallest absolute Gasteiger partial charge is 0.265 e. The van der Waals surface area contributed by atoms with Crippen molar-refractivity contribution in [1.29, 1.82) is 0 Å². The van der Waals surface area contributed by atoms with E-state index in [4.69, 9.17) is 9.47 Å². The summed E-state index contributed by atoms with van der Waals surface area (Å²) in [5, 5.41) is 5.77. The molecule has 0 aliphatic carbocycles. The lowest BCUT2D eigenvalue weighted by atomic mass is 10.1. The zero-order valence-corrected chi connectivity index (χ0v) is 17.8. The fourth-order valence-electron chi connectivity index (χ4n) is 2.97. The van der Waals surface area contributed by atoms with Crippen LogP contribution in [0, 0.1) is 0 Å². The summed E-state index contributed by atoms with van der Waals surface area (Å²) >= 11 is 0. The van der Waals surface area contributed by atoms with E-state index in [0.717, 1.165) is 5.56 Å². The average molecular weight is 418 g/mol. The molecule has 2 N–H and O–H groups in total. The third-order valence-electron chi connectivity index (χ3n) is 4.80. The average Bonchev–Trinajstić information content (AvgIpc) is 2.80. The van der Waals surface area contributed by atoms with Crippen LogP contribution in [0.1, 0.15) is 35.8 Å². The molecule has 0 heterocycles. The SMILES string of the molecule is COc1ccc(OC(C)C(=O)Nc2ccc(C(=O)NC(C)c3ccccc3)cc2)cc1. The molecule has 6 heteroatoms. The zero-order chi connectivity index (χ0) is 22.2. The second-order valence-corrected chi connectivity index (χ2v) is 7.11. The Hall–Kier alpha value is -3.80. The molecule has 160 valence electrons. The fourth-order valence-corrected chi connectivity index (χ4v) is 2.97. The molecule has 0 saturated carbocycles. The minimum absolute atomic E-state index is 0.107. The highest BCUT2D eigenvalue weighted by atomic mass is 16.5. The predicted molar refractivity (Wildman–Crippen MR) is 120 cm³/mol. The van der Waals surface area contributed by atoms with Crippen LogP contribution in [0.25, 0.3) is 0 Å². The van der Waals surface area contributed by atoms with Crippen LogP contribution in [0.5, 0.6) is 11.5 Å². The second kappa shape index (κ2) is 10.3. The third-order valence-corrected chi connectivity index (χ3v) is 4.80. The quantitative estimate of drug-likeness (QED) is 0.561. The van der Waals surface area contributed by atoms with Crippen molar-refractivity contribution in [2.45, 2.75) is 26.0 Å². The molecule has 3 aromatic carbocycles. The van der Waals surface area contributed by atoms with Crippen LogP contribution >= 0.6 is 0 Å². The number of hydrogen-bond donors (Lipinski definition) is 2. The van der Waals surface area contributed by atoms with Crippen molar-refractivity contribution in [3.8, 4) is 11.5 Å². The molecule has 0 aromatic heterocycles. The monoisotopic (exact) mass is 418 g/mol. The van der Waals surface area contributed by atoms with Crippen molar-refractivity contribution in [3.05, 3.63) is 90.0 Å². The number of hydrogen-bond acceptors (Lipinski definition) is 4. The first-order valence-electron chi connectivity index (χ1n) is 10.0. The lowest BCUT2D eigenvalue weighted by molar-refractivity contribution is -0.122. The van der Waals surface area contributed by atoms with Gasteiger partial charge in [0.05, 0.1) is 13.2 Å². The lowest BCUT2D eigenvalue weighted by Gasteiger charge is -2.16. The highest BCUT2D eigenvalue weighted by Gasteiger charge is 2.16. The van der Waals surface area contributed by atoms with Gasteiger partial charge in [0.15, 0.2) is 6.10 Å². The van der Waals surface area contributed by atoms with Gasteiger partial charge in [0.25, 0.3) is 11.8 Å². The lowest BCUT2D eigenvalue weighted by Crippen LogP contribution is -2.30. The molecule has 0 aliphatic heterocycles.